The highest BCUT2D eigenvalue weighted by Gasteiger charge is 2.26. The number of hydrogen-bond acceptors (Lipinski definition) is 2. The summed E-state index contributed by atoms with van der Waals surface area (Å²) in [6, 6.07) is 10.4. The van der Waals surface area contributed by atoms with Gasteiger partial charge in [0.25, 0.3) is 0 Å². The molecule has 1 aromatic heterocycles. The summed E-state index contributed by atoms with van der Waals surface area (Å²) in [6.07, 6.45) is 4.14. The number of fused-ring (bicyclic) bond motifs is 1. The predicted molar refractivity (Wildman–Crippen MR) is 83.2 cm³/mol. The van der Waals surface area contributed by atoms with Crippen LogP contribution in [0, 0.1) is 0 Å². The van der Waals surface area contributed by atoms with Crippen LogP contribution >= 0.6 is 11.6 Å². The van der Waals surface area contributed by atoms with E-state index in [1.54, 1.807) is 0 Å². The van der Waals surface area contributed by atoms with E-state index in [2.05, 4.69) is 35.4 Å². The average Bonchev–Trinajstić information content (AvgIpc) is 2.90. The second-order valence-corrected chi connectivity index (χ2v) is 5.70. The van der Waals surface area contributed by atoms with Crippen LogP contribution in [0.15, 0.2) is 36.5 Å². The largest absolute Gasteiger partial charge is 0.313 e. The third-order valence-electron chi connectivity index (χ3n) is 4.01. The molecular weight excluding hydrogens is 268 g/mol. The SMILES string of the molecule is CCNCc1ccc(Cl)cc1C1CCc2cccnc21. The highest BCUT2D eigenvalue weighted by atomic mass is 35.5. The van der Waals surface area contributed by atoms with Crippen LogP contribution in [-0.2, 0) is 13.0 Å². The fourth-order valence-corrected chi connectivity index (χ4v) is 3.21. The molecule has 1 heterocycles. The molecular formula is C17H19ClN2. The van der Waals surface area contributed by atoms with Gasteiger partial charge in [0, 0.05) is 23.7 Å². The molecule has 0 saturated heterocycles. The third kappa shape index (κ3) is 2.58. The van der Waals surface area contributed by atoms with Gasteiger partial charge in [-0.1, -0.05) is 30.7 Å². The Morgan fingerprint density at radius 1 is 1.35 bits per heavy atom. The second kappa shape index (κ2) is 5.94. The first-order valence-electron chi connectivity index (χ1n) is 7.22. The van der Waals surface area contributed by atoms with Crippen molar-refractivity contribution in [3.63, 3.8) is 0 Å². The minimum atomic E-state index is 0.388. The molecule has 0 fully saturated rings. The van der Waals surface area contributed by atoms with Gasteiger partial charge in [0.2, 0.25) is 0 Å². The number of nitrogens with zero attached hydrogens (tertiary/aromatic N) is 1. The molecule has 0 bridgehead atoms. The van der Waals surface area contributed by atoms with Crippen LogP contribution in [0.1, 0.15) is 41.6 Å². The quantitative estimate of drug-likeness (QED) is 0.921. The normalized spacial score (nSPS) is 17.2. The molecule has 0 saturated carbocycles. The molecule has 0 spiro atoms. The molecule has 1 aliphatic carbocycles. The fourth-order valence-electron chi connectivity index (χ4n) is 3.03. The minimum absolute atomic E-state index is 0.388. The molecule has 1 aromatic carbocycles. The zero-order chi connectivity index (χ0) is 13.9. The zero-order valence-electron chi connectivity index (χ0n) is 11.7. The molecule has 3 heteroatoms. The number of halogens is 1. The maximum Gasteiger partial charge on any atom is 0.0510 e. The maximum absolute atomic E-state index is 6.22. The Hall–Kier alpha value is -1.38. The topological polar surface area (TPSA) is 24.9 Å². The molecule has 2 aromatic rings. The van der Waals surface area contributed by atoms with E-state index < -0.39 is 0 Å². The first-order chi connectivity index (χ1) is 9.79. The highest BCUT2D eigenvalue weighted by molar-refractivity contribution is 6.30. The number of rotatable bonds is 4. The Bertz CT molecular complexity index is 610. The lowest BCUT2D eigenvalue weighted by Crippen LogP contribution is -2.14. The van der Waals surface area contributed by atoms with E-state index in [-0.39, 0.29) is 0 Å². The van der Waals surface area contributed by atoms with Gasteiger partial charge in [-0.3, -0.25) is 4.98 Å². The van der Waals surface area contributed by atoms with Gasteiger partial charge in [-0.15, -0.1) is 0 Å². The number of aromatic nitrogens is 1. The Labute approximate surface area is 125 Å². The summed E-state index contributed by atoms with van der Waals surface area (Å²) >= 11 is 6.22. The van der Waals surface area contributed by atoms with Crippen molar-refractivity contribution in [2.45, 2.75) is 32.2 Å². The molecule has 20 heavy (non-hydrogen) atoms. The first kappa shape index (κ1) is 13.6. The van der Waals surface area contributed by atoms with Crippen LogP contribution in [0.2, 0.25) is 5.02 Å². The number of pyridine rings is 1. The van der Waals surface area contributed by atoms with Gasteiger partial charge in [0.15, 0.2) is 0 Å². The lowest BCUT2D eigenvalue weighted by molar-refractivity contribution is 0.700. The van der Waals surface area contributed by atoms with Crippen LogP contribution in [0.4, 0.5) is 0 Å². The second-order valence-electron chi connectivity index (χ2n) is 5.26. The van der Waals surface area contributed by atoms with Crippen molar-refractivity contribution in [1.82, 2.24) is 10.3 Å². The molecule has 1 N–H and O–H groups in total. The predicted octanol–water partition coefficient (Wildman–Crippen LogP) is 3.92. The van der Waals surface area contributed by atoms with Crippen LogP contribution in [0.3, 0.4) is 0 Å². The van der Waals surface area contributed by atoms with Crippen LogP contribution in [0.25, 0.3) is 0 Å². The first-order valence-corrected chi connectivity index (χ1v) is 7.60. The van der Waals surface area contributed by atoms with Gasteiger partial charge in [0.1, 0.15) is 0 Å². The van der Waals surface area contributed by atoms with E-state index in [4.69, 9.17) is 11.6 Å². The monoisotopic (exact) mass is 286 g/mol. The van der Waals surface area contributed by atoms with Crippen LogP contribution in [-0.4, -0.2) is 11.5 Å². The molecule has 0 aliphatic heterocycles. The number of benzene rings is 1. The highest BCUT2D eigenvalue weighted by Crippen LogP contribution is 2.38. The maximum atomic E-state index is 6.22. The van der Waals surface area contributed by atoms with E-state index >= 15 is 0 Å². The van der Waals surface area contributed by atoms with E-state index in [1.165, 1.54) is 22.4 Å². The molecule has 0 radical (unpaired) electrons. The fraction of sp³-hybridized carbons (Fsp3) is 0.353. The summed E-state index contributed by atoms with van der Waals surface area (Å²) in [7, 11) is 0. The van der Waals surface area contributed by atoms with Crippen LogP contribution in [0.5, 0.6) is 0 Å². The summed E-state index contributed by atoms with van der Waals surface area (Å²) in [5, 5.41) is 4.22. The van der Waals surface area contributed by atoms with Gasteiger partial charge >= 0.3 is 0 Å². The van der Waals surface area contributed by atoms with Crippen molar-refractivity contribution in [2.24, 2.45) is 0 Å². The Morgan fingerprint density at radius 3 is 3.10 bits per heavy atom. The van der Waals surface area contributed by atoms with Crippen molar-refractivity contribution in [1.29, 1.82) is 0 Å². The smallest absolute Gasteiger partial charge is 0.0510 e. The van der Waals surface area contributed by atoms with Gasteiger partial charge in [-0.05, 0) is 54.3 Å². The van der Waals surface area contributed by atoms with E-state index in [1.807, 2.05) is 18.3 Å². The van der Waals surface area contributed by atoms with Crippen LogP contribution < -0.4 is 5.32 Å². The summed E-state index contributed by atoms with van der Waals surface area (Å²) in [4.78, 5) is 4.60. The summed E-state index contributed by atoms with van der Waals surface area (Å²) < 4.78 is 0. The summed E-state index contributed by atoms with van der Waals surface area (Å²) in [6.45, 7) is 3.99. The molecule has 2 nitrogen and oxygen atoms in total. The van der Waals surface area contributed by atoms with Crippen molar-refractivity contribution < 1.29 is 0 Å². The van der Waals surface area contributed by atoms with Crippen molar-refractivity contribution in [2.75, 3.05) is 6.54 Å². The standard InChI is InChI=1S/C17H19ClN2/c1-2-19-11-13-5-7-14(18)10-16(13)15-8-6-12-4-3-9-20-17(12)15/h3-5,7,9-10,15,19H,2,6,8,11H2,1H3. The Kier molecular flexibility index (Phi) is 4.04. The lowest BCUT2D eigenvalue weighted by atomic mass is 9.92. The average molecular weight is 287 g/mol. The molecule has 1 unspecified atom stereocenters. The number of hydrogen-bond donors (Lipinski definition) is 1. The van der Waals surface area contributed by atoms with Gasteiger partial charge in [-0.25, -0.2) is 0 Å². The van der Waals surface area contributed by atoms with E-state index in [0.29, 0.717) is 5.92 Å². The van der Waals surface area contributed by atoms with Crippen molar-refractivity contribution in [3.8, 4) is 0 Å². The van der Waals surface area contributed by atoms with E-state index in [0.717, 1.165) is 31.0 Å². The summed E-state index contributed by atoms with van der Waals surface area (Å²) in [5.41, 5.74) is 5.27. The zero-order valence-corrected chi connectivity index (χ0v) is 12.5. The Morgan fingerprint density at radius 2 is 2.25 bits per heavy atom. The molecule has 0 amide bonds. The lowest BCUT2D eigenvalue weighted by Gasteiger charge is -2.17. The van der Waals surface area contributed by atoms with Gasteiger partial charge in [0.05, 0.1) is 5.69 Å². The summed E-state index contributed by atoms with van der Waals surface area (Å²) in [5.74, 6) is 0.388. The Balaban J connectivity index is 1.99. The van der Waals surface area contributed by atoms with Gasteiger partial charge in [-0.2, -0.15) is 0 Å². The van der Waals surface area contributed by atoms with Crippen molar-refractivity contribution in [3.05, 3.63) is 63.9 Å². The number of aryl methyl sites for hydroxylation is 1. The van der Waals surface area contributed by atoms with Gasteiger partial charge < -0.3 is 5.32 Å². The molecule has 3 rings (SSSR count). The molecule has 104 valence electrons. The molecule has 1 atom stereocenters. The van der Waals surface area contributed by atoms with Crippen molar-refractivity contribution >= 4 is 11.6 Å². The third-order valence-corrected chi connectivity index (χ3v) is 4.24. The molecule has 1 aliphatic rings. The van der Waals surface area contributed by atoms with E-state index in [9.17, 15) is 0 Å². The number of nitrogens with one attached hydrogen (secondary N) is 1. The minimum Gasteiger partial charge on any atom is -0.313 e.